The highest BCUT2D eigenvalue weighted by Crippen LogP contribution is 2.65. The van der Waals surface area contributed by atoms with Crippen molar-refractivity contribution in [1.82, 2.24) is 9.80 Å². The minimum Gasteiger partial charge on any atom is -0.504 e. The molecule has 1 aromatic carbocycles. The lowest BCUT2D eigenvalue weighted by Crippen LogP contribution is -2.69. The number of furan rings is 1. The number of carbonyl (C=O) groups excluding carboxylic acids is 1. The van der Waals surface area contributed by atoms with Gasteiger partial charge in [0.05, 0.1) is 18.6 Å². The van der Waals surface area contributed by atoms with Crippen LogP contribution >= 0.6 is 0 Å². The standard InChI is InChI=1S/C30H37N3O4/c1-31(2)23-15-25(34)28-27-20(23)14-24-21-7-8-22(32(3)26(35)9-6-19-10-13-36-17-19)29(37-28)30(21,27)11-12-33(24)16-18-4-5-18/h6,9-10,13,15,17-18,21-22,24,29,34H,4-5,7-8,11-12,14,16H2,1-3H3/b9-6+/t21-,22-,24+,29-,30-/m0/s1. The summed E-state index contributed by atoms with van der Waals surface area (Å²) in [4.78, 5) is 20.1. The van der Waals surface area contributed by atoms with Gasteiger partial charge in [-0.15, -0.1) is 0 Å². The molecule has 1 amide bonds. The fraction of sp³-hybridized carbons (Fsp3) is 0.567. The van der Waals surface area contributed by atoms with Crippen molar-refractivity contribution in [1.29, 1.82) is 0 Å². The molecule has 2 saturated carbocycles. The van der Waals surface area contributed by atoms with Gasteiger partial charge in [-0.2, -0.15) is 0 Å². The molecule has 1 aromatic heterocycles. The molecule has 7 rings (SSSR count). The van der Waals surface area contributed by atoms with E-state index < -0.39 is 0 Å². The highest BCUT2D eigenvalue weighted by Gasteiger charge is 2.67. The van der Waals surface area contributed by atoms with E-state index in [0.717, 1.165) is 49.4 Å². The monoisotopic (exact) mass is 503 g/mol. The number of likely N-dealkylation sites (N-methyl/N-ethyl adjacent to an activating group) is 1. The normalized spacial score (nSPS) is 31.8. The van der Waals surface area contributed by atoms with Gasteiger partial charge in [-0.25, -0.2) is 0 Å². The molecule has 3 heterocycles. The maximum Gasteiger partial charge on any atom is 0.246 e. The zero-order valence-electron chi connectivity index (χ0n) is 22.0. The molecule has 2 aliphatic heterocycles. The summed E-state index contributed by atoms with van der Waals surface area (Å²) in [5, 5.41) is 11.2. The van der Waals surface area contributed by atoms with Gasteiger partial charge in [-0.1, -0.05) is 0 Å². The highest BCUT2D eigenvalue weighted by atomic mass is 16.5. The van der Waals surface area contributed by atoms with E-state index in [2.05, 4.69) is 23.9 Å². The molecule has 7 nitrogen and oxygen atoms in total. The molecule has 2 aromatic rings. The van der Waals surface area contributed by atoms with E-state index in [9.17, 15) is 9.90 Å². The first-order valence-corrected chi connectivity index (χ1v) is 13.8. The van der Waals surface area contributed by atoms with Crippen LogP contribution in [0.25, 0.3) is 6.08 Å². The Morgan fingerprint density at radius 2 is 2.08 bits per heavy atom. The second kappa shape index (κ2) is 8.29. The Hall–Kier alpha value is -2.93. The quantitative estimate of drug-likeness (QED) is 0.600. The zero-order valence-corrected chi connectivity index (χ0v) is 22.0. The molecule has 0 unspecified atom stereocenters. The number of piperidine rings is 1. The van der Waals surface area contributed by atoms with Crippen LogP contribution in [0, 0.1) is 11.8 Å². The molecular formula is C30H37N3O4. The number of phenols is 1. The molecule has 1 N–H and O–H groups in total. The average Bonchev–Trinajstić information content (AvgIpc) is 3.41. The van der Waals surface area contributed by atoms with Crippen molar-refractivity contribution in [3.63, 3.8) is 0 Å². The van der Waals surface area contributed by atoms with Crippen molar-refractivity contribution < 1.29 is 19.1 Å². The molecule has 0 radical (unpaired) electrons. The van der Waals surface area contributed by atoms with Gasteiger partial charge in [-0.05, 0) is 74.6 Å². The van der Waals surface area contributed by atoms with Gasteiger partial charge in [0, 0.05) is 68.1 Å². The lowest BCUT2D eigenvalue weighted by molar-refractivity contribution is -0.135. The molecule has 3 aliphatic carbocycles. The number of likely N-dealkylation sites (tertiary alicyclic amines) is 1. The second-order valence-electron chi connectivity index (χ2n) is 12.1. The van der Waals surface area contributed by atoms with Crippen molar-refractivity contribution in [2.75, 3.05) is 39.1 Å². The molecule has 5 aliphatic rings. The predicted octanol–water partition coefficient (Wildman–Crippen LogP) is 4.04. The number of nitrogens with zero attached hydrogens (tertiary/aromatic N) is 3. The van der Waals surface area contributed by atoms with E-state index in [0.29, 0.717) is 17.7 Å². The highest BCUT2D eigenvalue weighted by molar-refractivity contribution is 5.92. The predicted molar refractivity (Wildman–Crippen MR) is 142 cm³/mol. The number of amides is 1. The summed E-state index contributed by atoms with van der Waals surface area (Å²) >= 11 is 0. The third-order valence-corrected chi connectivity index (χ3v) is 9.98. The average molecular weight is 504 g/mol. The number of carbonyl (C=O) groups is 1. The number of benzene rings is 1. The van der Waals surface area contributed by atoms with Crippen LogP contribution in [-0.4, -0.2) is 73.2 Å². The number of ether oxygens (including phenoxy) is 1. The van der Waals surface area contributed by atoms with E-state index in [4.69, 9.17) is 9.15 Å². The number of hydrogen-bond acceptors (Lipinski definition) is 6. The van der Waals surface area contributed by atoms with Gasteiger partial charge in [0.2, 0.25) is 5.91 Å². The Bertz CT molecular complexity index is 1250. The van der Waals surface area contributed by atoms with Crippen LogP contribution in [0.15, 0.2) is 35.2 Å². The zero-order chi connectivity index (χ0) is 25.5. The molecular weight excluding hydrogens is 466 g/mol. The van der Waals surface area contributed by atoms with E-state index in [-0.39, 0.29) is 29.2 Å². The Morgan fingerprint density at radius 1 is 1.24 bits per heavy atom. The van der Waals surface area contributed by atoms with Crippen molar-refractivity contribution in [3.05, 3.63) is 47.4 Å². The minimum absolute atomic E-state index is 0.0300. The summed E-state index contributed by atoms with van der Waals surface area (Å²) in [6.45, 7) is 2.27. The summed E-state index contributed by atoms with van der Waals surface area (Å²) in [5.41, 5.74) is 4.40. The molecule has 3 fully saturated rings. The van der Waals surface area contributed by atoms with Crippen LogP contribution in [0.5, 0.6) is 11.5 Å². The molecule has 196 valence electrons. The largest absolute Gasteiger partial charge is 0.504 e. The molecule has 7 heteroatoms. The van der Waals surface area contributed by atoms with Crippen molar-refractivity contribution in [2.24, 2.45) is 11.8 Å². The van der Waals surface area contributed by atoms with Crippen LogP contribution in [0.2, 0.25) is 0 Å². The van der Waals surface area contributed by atoms with Crippen LogP contribution in [0.4, 0.5) is 5.69 Å². The second-order valence-corrected chi connectivity index (χ2v) is 12.1. The maximum atomic E-state index is 13.3. The van der Waals surface area contributed by atoms with Crippen LogP contribution in [-0.2, 0) is 16.6 Å². The van der Waals surface area contributed by atoms with Crippen LogP contribution in [0.3, 0.4) is 0 Å². The van der Waals surface area contributed by atoms with E-state index in [1.807, 2.05) is 24.1 Å². The van der Waals surface area contributed by atoms with E-state index in [1.54, 1.807) is 24.7 Å². The van der Waals surface area contributed by atoms with Crippen molar-refractivity contribution in [2.45, 2.75) is 62.1 Å². The summed E-state index contributed by atoms with van der Waals surface area (Å²) in [6.07, 6.45) is 13.3. The molecule has 1 saturated heterocycles. The number of anilines is 1. The Labute approximate surface area is 218 Å². The summed E-state index contributed by atoms with van der Waals surface area (Å²) in [7, 11) is 6.04. The lowest BCUT2D eigenvalue weighted by Gasteiger charge is -2.60. The fourth-order valence-corrected chi connectivity index (χ4v) is 8.14. The first-order chi connectivity index (χ1) is 17.9. The summed E-state index contributed by atoms with van der Waals surface area (Å²) in [6, 6.07) is 4.18. The summed E-state index contributed by atoms with van der Waals surface area (Å²) in [5.74, 6) is 2.22. The van der Waals surface area contributed by atoms with Crippen molar-refractivity contribution in [3.8, 4) is 11.5 Å². The van der Waals surface area contributed by atoms with E-state index in [1.165, 1.54) is 30.5 Å². The fourth-order valence-electron chi connectivity index (χ4n) is 8.14. The Balaban J connectivity index is 1.29. The SMILES string of the molecule is CN(C)c1cc(O)c2c3c1C[C@@H]1[C@@H]4CC[C@H](N(C)C(=O)/C=C/c5ccoc5)[C@H](O2)[C@]34CCN1CC1CC1. The minimum atomic E-state index is -0.164. The molecule has 37 heavy (non-hydrogen) atoms. The number of phenolic OH excluding ortho intramolecular Hbond substituents is 1. The first kappa shape index (κ1) is 23.2. The number of hydrogen-bond donors (Lipinski definition) is 1. The van der Waals surface area contributed by atoms with E-state index >= 15 is 0 Å². The van der Waals surface area contributed by atoms with Gasteiger partial charge in [-0.3, -0.25) is 9.69 Å². The summed E-state index contributed by atoms with van der Waals surface area (Å²) < 4.78 is 11.9. The van der Waals surface area contributed by atoms with Crippen molar-refractivity contribution >= 4 is 17.7 Å². The smallest absolute Gasteiger partial charge is 0.246 e. The van der Waals surface area contributed by atoms with Crippen LogP contribution in [0.1, 0.15) is 48.8 Å². The van der Waals surface area contributed by atoms with Gasteiger partial charge in [0.15, 0.2) is 11.5 Å². The number of aromatic hydroxyl groups is 1. The Morgan fingerprint density at radius 3 is 2.81 bits per heavy atom. The molecule has 2 bridgehead atoms. The Kier molecular flexibility index (Phi) is 5.20. The maximum absolute atomic E-state index is 13.3. The third-order valence-electron chi connectivity index (χ3n) is 9.98. The lowest BCUT2D eigenvalue weighted by atomic mass is 9.50. The first-order valence-electron chi connectivity index (χ1n) is 13.8. The number of rotatable bonds is 6. The topological polar surface area (TPSA) is 69.4 Å². The van der Waals surface area contributed by atoms with Gasteiger partial charge >= 0.3 is 0 Å². The molecule has 5 atom stereocenters. The van der Waals surface area contributed by atoms with Gasteiger partial charge in [0.25, 0.3) is 0 Å². The van der Waals surface area contributed by atoms with Crippen LogP contribution < -0.4 is 9.64 Å². The van der Waals surface area contributed by atoms with Gasteiger partial charge in [0.1, 0.15) is 6.10 Å². The third kappa shape index (κ3) is 3.39. The van der Waals surface area contributed by atoms with Gasteiger partial charge < -0.3 is 24.1 Å². The molecule has 1 spiro atoms.